The van der Waals surface area contributed by atoms with Crippen LogP contribution in [0.5, 0.6) is 11.5 Å². The first-order chi connectivity index (χ1) is 12.7. The monoisotopic (exact) mass is 348 g/mol. The molecule has 0 N–H and O–H groups in total. The van der Waals surface area contributed by atoms with E-state index in [1.165, 1.54) is 11.9 Å². The Hall–Kier alpha value is -3.28. The SMILES string of the molecule is CC(=O)N1N=C(c2cc3ccccc3o2)C[C@H]1c1ccc2c(c1)OCO2. The summed E-state index contributed by atoms with van der Waals surface area (Å²) < 4.78 is 16.8. The maximum absolute atomic E-state index is 12.1. The molecular formula is C20H16N2O4. The Balaban J connectivity index is 1.51. The van der Waals surface area contributed by atoms with Gasteiger partial charge in [0, 0.05) is 18.7 Å². The Morgan fingerprint density at radius 1 is 1.12 bits per heavy atom. The van der Waals surface area contributed by atoms with Crippen LogP contribution in [0.15, 0.2) is 58.0 Å². The highest BCUT2D eigenvalue weighted by Crippen LogP contribution is 2.39. The number of fused-ring (bicyclic) bond motifs is 2. The molecule has 1 atom stereocenters. The Labute approximate surface area is 149 Å². The minimum atomic E-state index is -0.190. The summed E-state index contributed by atoms with van der Waals surface area (Å²) in [5.41, 5.74) is 2.53. The van der Waals surface area contributed by atoms with Gasteiger partial charge in [0.2, 0.25) is 12.7 Å². The van der Waals surface area contributed by atoms with E-state index in [0.29, 0.717) is 17.9 Å². The highest BCUT2D eigenvalue weighted by molar-refractivity contribution is 6.03. The van der Waals surface area contributed by atoms with E-state index in [1.54, 1.807) is 0 Å². The molecule has 0 radical (unpaired) electrons. The summed E-state index contributed by atoms with van der Waals surface area (Å²) in [6, 6.07) is 15.3. The molecule has 5 rings (SSSR count). The maximum atomic E-state index is 12.1. The molecule has 130 valence electrons. The summed E-state index contributed by atoms with van der Waals surface area (Å²) in [4.78, 5) is 12.1. The lowest BCUT2D eigenvalue weighted by Crippen LogP contribution is -2.24. The quantitative estimate of drug-likeness (QED) is 0.705. The van der Waals surface area contributed by atoms with E-state index in [-0.39, 0.29) is 18.7 Å². The fourth-order valence-corrected chi connectivity index (χ4v) is 3.45. The minimum absolute atomic E-state index is 0.112. The number of rotatable bonds is 2. The Morgan fingerprint density at radius 2 is 1.96 bits per heavy atom. The van der Waals surface area contributed by atoms with Gasteiger partial charge < -0.3 is 13.9 Å². The number of ether oxygens (including phenoxy) is 2. The average Bonchev–Trinajstić information content (AvgIpc) is 3.37. The van der Waals surface area contributed by atoms with Gasteiger partial charge in [0.25, 0.3) is 0 Å². The van der Waals surface area contributed by atoms with Crippen LogP contribution >= 0.6 is 0 Å². The largest absolute Gasteiger partial charge is 0.455 e. The summed E-state index contributed by atoms with van der Waals surface area (Å²) in [5.74, 6) is 2.00. The molecule has 6 nitrogen and oxygen atoms in total. The summed E-state index contributed by atoms with van der Waals surface area (Å²) in [5, 5.41) is 7.07. The van der Waals surface area contributed by atoms with Crippen LogP contribution < -0.4 is 9.47 Å². The first-order valence-corrected chi connectivity index (χ1v) is 8.45. The standard InChI is InChI=1S/C20H16N2O4/c1-12(23)22-16(13-6-7-18-20(8-13)25-11-24-18)10-15(21-22)19-9-14-4-2-3-5-17(14)26-19/h2-9,16H,10-11H2,1H3/t16-/m0/s1. The summed E-state index contributed by atoms with van der Waals surface area (Å²) in [7, 11) is 0. The summed E-state index contributed by atoms with van der Waals surface area (Å²) in [6.07, 6.45) is 0.582. The van der Waals surface area contributed by atoms with Gasteiger partial charge in [-0.05, 0) is 29.8 Å². The molecule has 6 heteroatoms. The molecule has 0 spiro atoms. The number of hydrogen-bond donors (Lipinski definition) is 0. The molecule has 0 fully saturated rings. The van der Waals surface area contributed by atoms with Crippen LogP contribution in [0.3, 0.4) is 0 Å². The van der Waals surface area contributed by atoms with Gasteiger partial charge in [-0.1, -0.05) is 24.3 Å². The van der Waals surface area contributed by atoms with Crippen molar-refractivity contribution in [3.63, 3.8) is 0 Å². The van der Waals surface area contributed by atoms with E-state index in [1.807, 2.05) is 48.5 Å². The van der Waals surface area contributed by atoms with Gasteiger partial charge in [-0.2, -0.15) is 5.10 Å². The molecule has 1 aromatic heterocycles. The van der Waals surface area contributed by atoms with Gasteiger partial charge in [-0.15, -0.1) is 0 Å². The van der Waals surface area contributed by atoms with Gasteiger partial charge in [0.05, 0.1) is 6.04 Å². The molecule has 0 unspecified atom stereocenters. The molecule has 1 amide bonds. The normalized spacial score (nSPS) is 18.4. The van der Waals surface area contributed by atoms with Crippen molar-refractivity contribution in [2.75, 3.05) is 6.79 Å². The zero-order valence-electron chi connectivity index (χ0n) is 14.1. The van der Waals surface area contributed by atoms with Crippen LogP contribution in [-0.2, 0) is 4.79 Å². The van der Waals surface area contributed by atoms with Gasteiger partial charge in [0.1, 0.15) is 11.3 Å². The van der Waals surface area contributed by atoms with Crippen LogP contribution in [0.2, 0.25) is 0 Å². The third-order valence-corrected chi connectivity index (χ3v) is 4.72. The lowest BCUT2D eigenvalue weighted by molar-refractivity contribution is -0.130. The van der Waals surface area contributed by atoms with Crippen LogP contribution in [0, 0.1) is 0 Å². The smallest absolute Gasteiger partial charge is 0.240 e. The second-order valence-corrected chi connectivity index (χ2v) is 6.39. The number of amides is 1. The number of carbonyl (C=O) groups is 1. The molecule has 0 bridgehead atoms. The topological polar surface area (TPSA) is 64.3 Å². The fourth-order valence-electron chi connectivity index (χ4n) is 3.45. The first kappa shape index (κ1) is 15.0. The number of carbonyl (C=O) groups excluding carboxylic acids is 1. The Morgan fingerprint density at radius 3 is 2.81 bits per heavy atom. The third kappa shape index (κ3) is 2.34. The van der Waals surface area contributed by atoms with Gasteiger partial charge in [0.15, 0.2) is 17.3 Å². The second kappa shape index (κ2) is 5.62. The highest BCUT2D eigenvalue weighted by Gasteiger charge is 2.33. The van der Waals surface area contributed by atoms with Crippen LogP contribution in [-0.4, -0.2) is 23.4 Å². The van der Waals surface area contributed by atoms with Crippen molar-refractivity contribution in [3.8, 4) is 11.5 Å². The van der Waals surface area contributed by atoms with Crippen LogP contribution in [0.25, 0.3) is 11.0 Å². The van der Waals surface area contributed by atoms with Crippen molar-refractivity contribution in [3.05, 3.63) is 59.9 Å². The highest BCUT2D eigenvalue weighted by atomic mass is 16.7. The number of benzene rings is 2. The van der Waals surface area contributed by atoms with Crippen molar-refractivity contribution < 1.29 is 18.7 Å². The first-order valence-electron chi connectivity index (χ1n) is 8.45. The summed E-state index contributed by atoms with van der Waals surface area (Å²) >= 11 is 0. The van der Waals surface area contributed by atoms with E-state index in [2.05, 4.69) is 5.10 Å². The van der Waals surface area contributed by atoms with Crippen molar-refractivity contribution in [2.24, 2.45) is 5.10 Å². The van der Waals surface area contributed by atoms with E-state index in [0.717, 1.165) is 28.0 Å². The predicted molar refractivity (Wildman–Crippen MR) is 95.2 cm³/mol. The van der Waals surface area contributed by atoms with Crippen molar-refractivity contribution in [1.82, 2.24) is 5.01 Å². The zero-order valence-corrected chi connectivity index (χ0v) is 14.1. The van der Waals surface area contributed by atoms with Crippen LogP contribution in [0.4, 0.5) is 0 Å². The molecule has 2 aliphatic rings. The zero-order chi connectivity index (χ0) is 17.7. The maximum Gasteiger partial charge on any atom is 0.240 e. The molecule has 3 aromatic rings. The number of nitrogens with zero attached hydrogens (tertiary/aromatic N) is 2. The van der Waals surface area contributed by atoms with E-state index < -0.39 is 0 Å². The van der Waals surface area contributed by atoms with Crippen molar-refractivity contribution >= 4 is 22.6 Å². The number of hydrazone groups is 1. The summed E-state index contributed by atoms with van der Waals surface area (Å²) in [6.45, 7) is 1.74. The molecule has 2 aliphatic heterocycles. The number of hydrogen-bond acceptors (Lipinski definition) is 5. The molecule has 0 saturated carbocycles. The Bertz CT molecular complexity index is 1020. The van der Waals surface area contributed by atoms with E-state index in [4.69, 9.17) is 13.9 Å². The fraction of sp³-hybridized carbons (Fsp3) is 0.200. The van der Waals surface area contributed by atoms with Crippen molar-refractivity contribution in [2.45, 2.75) is 19.4 Å². The number of furan rings is 1. The molecule has 2 aromatic carbocycles. The predicted octanol–water partition coefficient (Wildman–Crippen LogP) is 3.86. The molecule has 26 heavy (non-hydrogen) atoms. The molecular weight excluding hydrogens is 332 g/mol. The molecule has 0 aliphatic carbocycles. The van der Waals surface area contributed by atoms with Gasteiger partial charge in [-0.3, -0.25) is 4.79 Å². The molecule has 0 saturated heterocycles. The molecule has 3 heterocycles. The van der Waals surface area contributed by atoms with Crippen molar-refractivity contribution in [1.29, 1.82) is 0 Å². The Kier molecular flexibility index (Phi) is 3.25. The van der Waals surface area contributed by atoms with E-state index >= 15 is 0 Å². The van der Waals surface area contributed by atoms with Gasteiger partial charge in [-0.25, -0.2) is 5.01 Å². The van der Waals surface area contributed by atoms with E-state index in [9.17, 15) is 4.79 Å². The number of para-hydroxylation sites is 1. The minimum Gasteiger partial charge on any atom is -0.455 e. The van der Waals surface area contributed by atoms with Crippen LogP contribution in [0.1, 0.15) is 30.7 Å². The van der Waals surface area contributed by atoms with Gasteiger partial charge >= 0.3 is 0 Å². The third-order valence-electron chi connectivity index (χ3n) is 4.72. The lowest BCUT2D eigenvalue weighted by atomic mass is 10.0. The second-order valence-electron chi connectivity index (χ2n) is 6.39. The lowest BCUT2D eigenvalue weighted by Gasteiger charge is -2.20. The average molecular weight is 348 g/mol.